The van der Waals surface area contributed by atoms with Crippen molar-refractivity contribution in [3.63, 3.8) is 0 Å². The molecule has 7 heteroatoms. The van der Waals surface area contributed by atoms with E-state index < -0.39 is 0 Å². The number of para-hydroxylation sites is 1. The molecule has 1 heterocycles. The van der Waals surface area contributed by atoms with Crippen LogP contribution in [0.5, 0.6) is 0 Å². The first kappa shape index (κ1) is 14.2. The number of halogens is 1. The Labute approximate surface area is 131 Å². The van der Waals surface area contributed by atoms with Gasteiger partial charge in [0.05, 0.1) is 10.6 Å². The van der Waals surface area contributed by atoms with Crippen LogP contribution in [0.15, 0.2) is 48.5 Å². The van der Waals surface area contributed by atoms with Gasteiger partial charge in [-0.05, 0) is 34.7 Å². The fourth-order valence-electron chi connectivity index (χ4n) is 2.03. The van der Waals surface area contributed by atoms with E-state index in [0.717, 1.165) is 5.56 Å². The molecule has 3 rings (SSSR count). The molecule has 0 spiro atoms. The number of tetrazole rings is 1. The highest BCUT2D eigenvalue weighted by Crippen LogP contribution is 2.24. The van der Waals surface area contributed by atoms with Crippen molar-refractivity contribution in [3.05, 3.63) is 59.1 Å². The molecule has 1 N–H and O–H groups in total. The maximum absolute atomic E-state index is 12.3. The summed E-state index contributed by atoms with van der Waals surface area (Å²) in [5.41, 5.74) is 1.85. The SMILES string of the molecule is Cn1nnnc1-c1ccc(C(=O)Nc2ccccc2)c(Cl)c1. The number of aryl methyl sites for hydroxylation is 1. The van der Waals surface area contributed by atoms with Gasteiger partial charge in [0.25, 0.3) is 5.91 Å². The molecule has 2 aromatic carbocycles. The first-order valence-electron chi connectivity index (χ1n) is 6.54. The number of nitrogens with zero attached hydrogens (tertiary/aromatic N) is 4. The van der Waals surface area contributed by atoms with E-state index in [0.29, 0.717) is 22.1 Å². The van der Waals surface area contributed by atoms with Gasteiger partial charge in [0.1, 0.15) is 0 Å². The van der Waals surface area contributed by atoms with Gasteiger partial charge in [-0.2, -0.15) is 0 Å². The van der Waals surface area contributed by atoms with Crippen molar-refractivity contribution in [2.75, 3.05) is 5.32 Å². The molecular weight excluding hydrogens is 302 g/mol. The average molecular weight is 314 g/mol. The molecule has 0 fully saturated rings. The Hall–Kier alpha value is -2.73. The first-order valence-corrected chi connectivity index (χ1v) is 6.91. The molecule has 0 aliphatic rings. The van der Waals surface area contributed by atoms with Crippen LogP contribution in [-0.4, -0.2) is 26.1 Å². The average Bonchev–Trinajstić information content (AvgIpc) is 2.94. The lowest BCUT2D eigenvalue weighted by Crippen LogP contribution is -2.12. The van der Waals surface area contributed by atoms with Crippen LogP contribution in [0.2, 0.25) is 5.02 Å². The van der Waals surface area contributed by atoms with E-state index in [1.807, 2.05) is 30.3 Å². The van der Waals surface area contributed by atoms with Crippen LogP contribution in [0.25, 0.3) is 11.4 Å². The second-order valence-electron chi connectivity index (χ2n) is 4.64. The number of amides is 1. The Kier molecular flexibility index (Phi) is 3.84. The third-order valence-corrected chi connectivity index (χ3v) is 3.44. The Morgan fingerprint density at radius 1 is 1.18 bits per heavy atom. The van der Waals surface area contributed by atoms with Crippen molar-refractivity contribution in [2.24, 2.45) is 7.05 Å². The molecule has 0 atom stereocenters. The number of rotatable bonds is 3. The van der Waals surface area contributed by atoms with Crippen LogP contribution >= 0.6 is 11.6 Å². The van der Waals surface area contributed by atoms with E-state index >= 15 is 0 Å². The summed E-state index contributed by atoms with van der Waals surface area (Å²) in [5, 5.41) is 14.4. The zero-order valence-corrected chi connectivity index (χ0v) is 12.4. The Bertz CT molecular complexity index is 816. The van der Waals surface area contributed by atoms with E-state index in [9.17, 15) is 4.79 Å². The van der Waals surface area contributed by atoms with E-state index in [1.165, 1.54) is 4.68 Å². The lowest BCUT2D eigenvalue weighted by molar-refractivity contribution is 0.102. The summed E-state index contributed by atoms with van der Waals surface area (Å²) >= 11 is 6.22. The summed E-state index contributed by atoms with van der Waals surface area (Å²) in [4.78, 5) is 12.3. The van der Waals surface area contributed by atoms with Crippen molar-refractivity contribution in [2.45, 2.75) is 0 Å². The minimum absolute atomic E-state index is 0.265. The summed E-state index contributed by atoms with van der Waals surface area (Å²) in [5.74, 6) is 0.316. The summed E-state index contributed by atoms with van der Waals surface area (Å²) in [6, 6.07) is 14.3. The van der Waals surface area contributed by atoms with E-state index in [-0.39, 0.29) is 5.91 Å². The van der Waals surface area contributed by atoms with Gasteiger partial charge in [-0.25, -0.2) is 4.68 Å². The standard InChI is InChI=1S/C15H12ClN5O/c1-21-14(18-19-20-21)10-7-8-12(13(16)9-10)15(22)17-11-5-3-2-4-6-11/h2-9H,1H3,(H,17,22). The zero-order valence-electron chi connectivity index (χ0n) is 11.7. The number of hydrogen-bond donors (Lipinski definition) is 1. The van der Waals surface area contributed by atoms with Gasteiger partial charge < -0.3 is 5.32 Å². The van der Waals surface area contributed by atoms with E-state index in [1.54, 1.807) is 25.2 Å². The smallest absolute Gasteiger partial charge is 0.257 e. The van der Waals surface area contributed by atoms with Crippen LogP contribution in [-0.2, 0) is 7.05 Å². The molecular formula is C15H12ClN5O. The van der Waals surface area contributed by atoms with Gasteiger partial charge in [0.2, 0.25) is 0 Å². The molecule has 0 aliphatic carbocycles. The number of anilines is 1. The van der Waals surface area contributed by atoms with Gasteiger partial charge in [0.15, 0.2) is 5.82 Å². The predicted octanol–water partition coefficient (Wildman–Crippen LogP) is 2.78. The maximum Gasteiger partial charge on any atom is 0.257 e. The van der Waals surface area contributed by atoms with Crippen molar-refractivity contribution < 1.29 is 4.79 Å². The molecule has 0 unspecified atom stereocenters. The molecule has 1 amide bonds. The molecule has 110 valence electrons. The lowest BCUT2D eigenvalue weighted by Gasteiger charge is -2.08. The molecule has 1 aromatic heterocycles. The fraction of sp³-hybridized carbons (Fsp3) is 0.0667. The fourth-order valence-corrected chi connectivity index (χ4v) is 2.30. The summed E-state index contributed by atoms with van der Waals surface area (Å²) in [7, 11) is 1.74. The van der Waals surface area contributed by atoms with Gasteiger partial charge in [0, 0.05) is 18.3 Å². The van der Waals surface area contributed by atoms with Crippen LogP contribution in [0.1, 0.15) is 10.4 Å². The second kappa shape index (κ2) is 5.95. The number of benzene rings is 2. The van der Waals surface area contributed by atoms with Gasteiger partial charge in [-0.3, -0.25) is 4.79 Å². The van der Waals surface area contributed by atoms with Gasteiger partial charge in [-0.15, -0.1) is 5.10 Å². The maximum atomic E-state index is 12.3. The number of carbonyl (C=O) groups is 1. The number of nitrogens with one attached hydrogen (secondary N) is 1. The highest BCUT2D eigenvalue weighted by Gasteiger charge is 2.13. The summed E-state index contributed by atoms with van der Waals surface area (Å²) < 4.78 is 1.54. The molecule has 0 saturated heterocycles. The minimum Gasteiger partial charge on any atom is -0.322 e. The first-order chi connectivity index (χ1) is 10.6. The third kappa shape index (κ3) is 2.82. The number of aromatic nitrogens is 4. The van der Waals surface area contributed by atoms with Crippen LogP contribution in [0.4, 0.5) is 5.69 Å². The Balaban J connectivity index is 1.86. The highest BCUT2D eigenvalue weighted by atomic mass is 35.5. The highest BCUT2D eigenvalue weighted by molar-refractivity contribution is 6.34. The van der Waals surface area contributed by atoms with Crippen LogP contribution < -0.4 is 5.32 Å². The van der Waals surface area contributed by atoms with Crippen LogP contribution in [0, 0.1) is 0 Å². The Morgan fingerprint density at radius 2 is 1.95 bits per heavy atom. The summed E-state index contributed by atoms with van der Waals surface area (Å²) in [6.07, 6.45) is 0. The lowest BCUT2D eigenvalue weighted by atomic mass is 10.1. The van der Waals surface area contributed by atoms with Gasteiger partial charge in [-0.1, -0.05) is 35.9 Å². The normalized spacial score (nSPS) is 10.5. The van der Waals surface area contributed by atoms with E-state index in [2.05, 4.69) is 20.8 Å². The van der Waals surface area contributed by atoms with Crippen LogP contribution in [0.3, 0.4) is 0 Å². The topological polar surface area (TPSA) is 72.7 Å². The van der Waals surface area contributed by atoms with Crippen molar-refractivity contribution in [1.82, 2.24) is 20.2 Å². The molecule has 0 aliphatic heterocycles. The largest absolute Gasteiger partial charge is 0.322 e. The molecule has 0 saturated carbocycles. The third-order valence-electron chi connectivity index (χ3n) is 3.12. The van der Waals surface area contributed by atoms with Gasteiger partial charge >= 0.3 is 0 Å². The monoisotopic (exact) mass is 313 g/mol. The quantitative estimate of drug-likeness (QED) is 0.807. The summed E-state index contributed by atoms with van der Waals surface area (Å²) in [6.45, 7) is 0. The number of carbonyl (C=O) groups excluding carboxylic acids is 1. The predicted molar refractivity (Wildman–Crippen MR) is 83.6 cm³/mol. The molecule has 22 heavy (non-hydrogen) atoms. The Morgan fingerprint density at radius 3 is 2.59 bits per heavy atom. The molecule has 0 radical (unpaired) electrons. The van der Waals surface area contributed by atoms with E-state index in [4.69, 9.17) is 11.6 Å². The molecule has 3 aromatic rings. The molecule has 0 bridgehead atoms. The zero-order chi connectivity index (χ0) is 15.5. The van der Waals surface area contributed by atoms with Crippen molar-refractivity contribution in [3.8, 4) is 11.4 Å². The molecule has 6 nitrogen and oxygen atoms in total. The minimum atomic E-state index is -0.265. The number of hydrogen-bond acceptors (Lipinski definition) is 4. The second-order valence-corrected chi connectivity index (χ2v) is 5.05. The van der Waals surface area contributed by atoms with Crippen molar-refractivity contribution in [1.29, 1.82) is 0 Å². The van der Waals surface area contributed by atoms with Crippen molar-refractivity contribution >= 4 is 23.2 Å².